The van der Waals surface area contributed by atoms with Gasteiger partial charge in [-0.05, 0) is 13.2 Å². The van der Waals surface area contributed by atoms with Crippen molar-refractivity contribution in [2.45, 2.75) is 26.3 Å². The number of hydrogen-bond donors (Lipinski definition) is 2. The number of rotatable bonds is 5. The molecule has 0 amide bonds. The van der Waals surface area contributed by atoms with Gasteiger partial charge in [0.15, 0.2) is 0 Å². The second kappa shape index (κ2) is 5.80. The third kappa shape index (κ3) is 3.95. The highest BCUT2D eigenvalue weighted by Crippen LogP contribution is 2.05. The van der Waals surface area contributed by atoms with Crippen molar-refractivity contribution >= 4 is 17.6 Å². The lowest BCUT2D eigenvalue weighted by Crippen LogP contribution is -2.21. The van der Waals surface area contributed by atoms with Crippen LogP contribution in [0.15, 0.2) is 10.9 Å². The first kappa shape index (κ1) is 12.1. The number of H-pyrrole nitrogens is 1. The van der Waals surface area contributed by atoms with Crippen molar-refractivity contribution in [3.8, 4) is 0 Å². The lowest BCUT2D eigenvalue weighted by atomic mass is 10.3. The molecular formula is C10H17N3OS. The number of anilines is 1. The second-order valence-electron chi connectivity index (χ2n) is 3.43. The maximum absolute atomic E-state index is 11.3. The van der Waals surface area contributed by atoms with E-state index < -0.39 is 0 Å². The monoisotopic (exact) mass is 227 g/mol. The molecule has 0 aliphatic rings. The average molecular weight is 227 g/mol. The molecule has 1 atom stereocenters. The first-order valence-corrected chi connectivity index (χ1v) is 6.40. The third-order valence-corrected chi connectivity index (χ3v) is 2.77. The van der Waals surface area contributed by atoms with Crippen LogP contribution < -0.4 is 10.9 Å². The summed E-state index contributed by atoms with van der Waals surface area (Å²) in [6.07, 6.45) is 2.79. The maximum Gasteiger partial charge on any atom is 0.252 e. The molecule has 0 aliphatic heterocycles. The molecule has 0 spiro atoms. The van der Waals surface area contributed by atoms with Gasteiger partial charge in [0.2, 0.25) is 0 Å². The van der Waals surface area contributed by atoms with Crippen LogP contribution in [0.1, 0.15) is 19.7 Å². The topological polar surface area (TPSA) is 57.8 Å². The standard InChI is InChI=1S/C10H17N3OS/c1-4-8-12-9(5-10(14)13-8)11-7(2)6-15-3/h5,7H,4,6H2,1-3H3,(H2,11,12,13,14). The molecule has 84 valence electrons. The van der Waals surface area contributed by atoms with E-state index in [1.807, 2.05) is 6.92 Å². The van der Waals surface area contributed by atoms with E-state index in [-0.39, 0.29) is 5.56 Å². The molecule has 1 aromatic heterocycles. The van der Waals surface area contributed by atoms with Crippen LogP contribution in [-0.4, -0.2) is 28.0 Å². The number of thioether (sulfide) groups is 1. The third-order valence-electron chi connectivity index (χ3n) is 1.94. The van der Waals surface area contributed by atoms with Crippen LogP contribution in [0.2, 0.25) is 0 Å². The fourth-order valence-electron chi connectivity index (χ4n) is 1.29. The molecule has 1 aromatic rings. The van der Waals surface area contributed by atoms with Crippen LogP contribution in [0.5, 0.6) is 0 Å². The minimum atomic E-state index is -0.0966. The summed E-state index contributed by atoms with van der Waals surface area (Å²) in [5.41, 5.74) is -0.0966. The summed E-state index contributed by atoms with van der Waals surface area (Å²) in [7, 11) is 0. The van der Waals surface area contributed by atoms with E-state index in [0.29, 0.717) is 11.9 Å². The summed E-state index contributed by atoms with van der Waals surface area (Å²) < 4.78 is 0. The lowest BCUT2D eigenvalue weighted by molar-refractivity contribution is 0.870. The molecule has 1 heterocycles. The van der Waals surface area contributed by atoms with Gasteiger partial charge >= 0.3 is 0 Å². The predicted molar refractivity (Wildman–Crippen MR) is 65.7 cm³/mol. The Bertz CT molecular complexity index is 364. The van der Waals surface area contributed by atoms with Gasteiger partial charge in [0.1, 0.15) is 11.6 Å². The SMILES string of the molecule is CCc1nc(NC(C)CSC)cc(=O)[nH]1. The molecule has 0 fully saturated rings. The summed E-state index contributed by atoms with van der Waals surface area (Å²) in [4.78, 5) is 18.3. The van der Waals surface area contributed by atoms with Crippen LogP contribution in [0.25, 0.3) is 0 Å². The van der Waals surface area contributed by atoms with Gasteiger partial charge in [0.25, 0.3) is 5.56 Å². The minimum absolute atomic E-state index is 0.0966. The van der Waals surface area contributed by atoms with Gasteiger partial charge in [-0.1, -0.05) is 6.92 Å². The molecule has 0 aromatic carbocycles. The molecule has 0 aliphatic carbocycles. The van der Waals surface area contributed by atoms with Crippen LogP contribution in [0, 0.1) is 0 Å². The van der Waals surface area contributed by atoms with Crippen LogP contribution in [0.4, 0.5) is 5.82 Å². The summed E-state index contributed by atoms with van der Waals surface area (Å²) in [5.74, 6) is 2.38. The summed E-state index contributed by atoms with van der Waals surface area (Å²) >= 11 is 1.77. The van der Waals surface area contributed by atoms with E-state index >= 15 is 0 Å². The number of nitrogens with one attached hydrogen (secondary N) is 2. The molecule has 2 N–H and O–H groups in total. The molecule has 0 saturated carbocycles. The molecule has 5 heteroatoms. The van der Waals surface area contributed by atoms with Gasteiger partial charge in [0, 0.05) is 24.3 Å². The Morgan fingerprint density at radius 1 is 1.67 bits per heavy atom. The minimum Gasteiger partial charge on any atom is -0.367 e. The van der Waals surface area contributed by atoms with Gasteiger partial charge in [-0.3, -0.25) is 4.79 Å². The Morgan fingerprint density at radius 3 is 3.00 bits per heavy atom. The van der Waals surface area contributed by atoms with Crippen molar-refractivity contribution < 1.29 is 0 Å². The molecular weight excluding hydrogens is 210 g/mol. The van der Waals surface area contributed by atoms with E-state index in [1.165, 1.54) is 6.07 Å². The Labute approximate surface area is 93.9 Å². The lowest BCUT2D eigenvalue weighted by Gasteiger charge is -2.13. The van der Waals surface area contributed by atoms with Crippen LogP contribution in [-0.2, 0) is 6.42 Å². The second-order valence-corrected chi connectivity index (χ2v) is 4.34. The number of hydrogen-bond acceptors (Lipinski definition) is 4. The van der Waals surface area contributed by atoms with Crippen molar-refractivity contribution in [2.24, 2.45) is 0 Å². The maximum atomic E-state index is 11.3. The normalized spacial score (nSPS) is 12.5. The summed E-state index contributed by atoms with van der Waals surface area (Å²) in [6, 6.07) is 1.81. The fourth-order valence-corrected chi connectivity index (χ4v) is 1.88. The zero-order valence-electron chi connectivity index (χ0n) is 9.33. The van der Waals surface area contributed by atoms with Gasteiger partial charge < -0.3 is 10.3 Å². The quantitative estimate of drug-likeness (QED) is 0.800. The Morgan fingerprint density at radius 2 is 2.40 bits per heavy atom. The largest absolute Gasteiger partial charge is 0.367 e. The molecule has 0 saturated heterocycles. The van der Waals surface area contributed by atoms with Crippen molar-refractivity contribution in [1.82, 2.24) is 9.97 Å². The molecule has 0 bridgehead atoms. The van der Waals surface area contributed by atoms with Crippen molar-refractivity contribution in [1.29, 1.82) is 0 Å². The van der Waals surface area contributed by atoms with Gasteiger partial charge in [-0.15, -0.1) is 0 Å². The molecule has 0 radical (unpaired) electrons. The number of aromatic nitrogens is 2. The molecule has 15 heavy (non-hydrogen) atoms. The Kier molecular flexibility index (Phi) is 4.68. The predicted octanol–water partition coefficient (Wildman–Crippen LogP) is 1.50. The van der Waals surface area contributed by atoms with Crippen molar-refractivity contribution in [3.63, 3.8) is 0 Å². The Balaban J connectivity index is 2.76. The highest BCUT2D eigenvalue weighted by molar-refractivity contribution is 7.98. The van der Waals surface area contributed by atoms with Gasteiger partial charge in [-0.2, -0.15) is 11.8 Å². The van der Waals surface area contributed by atoms with E-state index in [4.69, 9.17) is 0 Å². The van der Waals surface area contributed by atoms with E-state index in [0.717, 1.165) is 18.0 Å². The van der Waals surface area contributed by atoms with Gasteiger partial charge in [-0.25, -0.2) is 4.98 Å². The average Bonchev–Trinajstić information content (AvgIpc) is 2.17. The summed E-state index contributed by atoms with van der Waals surface area (Å²) in [5, 5.41) is 3.21. The smallest absolute Gasteiger partial charge is 0.252 e. The molecule has 4 nitrogen and oxygen atoms in total. The molecule has 1 rings (SSSR count). The highest BCUT2D eigenvalue weighted by Gasteiger charge is 2.03. The van der Waals surface area contributed by atoms with Gasteiger partial charge in [0.05, 0.1) is 0 Å². The van der Waals surface area contributed by atoms with E-state index in [1.54, 1.807) is 11.8 Å². The first-order chi connectivity index (χ1) is 7.15. The van der Waals surface area contributed by atoms with Crippen LogP contribution in [0.3, 0.4) is 0 Å². The van der Waals surface area contributed by atoms with Crippen LogP contribution >= 0.6 is 11.8 Å². The van der Waals surface area contributed by atoms with E-state index in [2.05, 4.69) is 28.5 Å². The molecule has 1 unspecified atom stereocenters. The van der Waals surface area contributed by atoms with Crippen molar-refractivity contribution in [2.75, 3.05) is 17.3 Å². The summed E-state index contributed by atoms with van der Waals surface area (Å²) in [6.45, 7) is 4.04. The Hall–Kier alpha value is -0.970. The zero-order valence-corrected chi connectivity index (χ0v) is 10.1. The number of aromatic amines is 1. The highest BCUT2D eigenvalue weighted by atomic mass is 32.2. The van der Waals surface area contributed by atoms with Crippen molar-refractivity contribution in [3.05, 3.63) is 22.2 Å². The first-order valence-electron chi connectivity index (χ1n) is 5.01. The van der Waals surface area contributed by atoms with E-state index in [9.17, 15) is 4.79 Å². The number of nitrogens with zero attached hydrogens (tertiary/aromatic N) is 1. The fraction of sp³-hybridized carbons (Fsp3) is 0.600. The number of aryl methyl sites for hydroxylation is 1. The zero-order chi connectivity index (χ0) is 11.3.